The number of hydrogen-bond donors (Lipinski definition) is 3. The molecule has 14 heavy (non-hydrogen) atoms. The first kappa shape index (κ1) is 12.9. The molecule has 0 aromatic heterocycles. The third kappa shape index (κ3) is 6.41. The van der Waals surface area contributed by atoms with E-state index < -0.39 is 10.4 Å². The van der Waals surface area contributed by atoms with Gasteiger partial charge in [0, 0.05) is 0 Å². The molecule has 1 rings (SSSR count). The maximum absolute atomic E-state index is 9.10. The summed E-state index contributed by atoms with van der Waals surface area (Å²) in [5, 5.41) is 9.10. The van der Waals surface area contributed by atoms with Gasteiger partial charge in [-0.2, -0.15) is 8.42 Å². The zero-order valence-corrected chi connectivity index (χ0v) is 8.61. The summed E-state index contributed by atoms with van der Waals surface area (Å²) >= 11 is 0. The molecule has 1 aromatic carbocycles. The summed E-state index contributed by atoms with van der Waals surface area (Å²) in [4.78, 5) is 0. The number of hydrogen-bond acceptors (Lipinski definition) is 3. The van der Waals surface area contributed by atoms with Crippen molar-refractivity contribution in [3.05, 3.63) is 29.3 Å². The van der Waals surface area contributed by atoms with Gasteiger partial charge in [0.15, 0.2) is 0 Å². The molecule has 0 bridgehead atoms. The Morgan fingerprint density at radius 2 is 1.57 bits per heavy atom. The minimum Gasteiger partial charge on any atom is -0.508 e. The average Bonchev–Trinajstić information content (AvgIpc) is 1.97. The van der Waals surface area contributed by atoms with E-state index >= 15 is 0 Å². The minimum absolute atomic E-state index is 0.384. The molecule has 80 valence electrons. The van der Waals surface area contributed by atoms with Crippen molar-refractivity contribution in [2.45, 2.75) is 13.8 Å². The molecule has 0 amide bonds. The Balaban J connectivity index is 0.000000292. The van der Waals surface area contributed by atoms with Crippen LogP contribution in [0.25, 0.3) is 0 Å². The number of aryl methyl sites for hydroxylation is 1. The normalized spacial score (nSPS) is 10.3. The largest absolute Gasteiger partial charge is 0.508 e. The van der Waals surface area contributed by atoms with Crippen LogP contribution in [0.4, 0.5) is 0 Å². The van der Waals surface area contributed by atoms with E-state index in [1.165, 1.54) is 0 Å². The lowest BCUT2D eigenvalue weighted by atomic mass is 10.1. The van der Waals surface area contributed by atoms with Gasteiger partial charge in [0.2, 0.25) is 0 Å². The molecule has 0 aliphatic carbocycles. The van der Waals surface area contributed by atoms with Crippen molar-refractivity contribution in [3.8, 4) is 5.75 Å². The summed E-state index contributed by atoms with van der Waals surface area (Å²) in [7, 11) is -4.67. The standard InChI is InChI=1S/C8H10O.H2O4S/c1-6-4-3-5-8(9)7(6)2;1-5(2,3)4/h3-5,9H,1-2H3;(H2,1,2,3,4). The number of rotatable bonds is 0. The average molecular weight is 220 g/mol. The van der Waals surface area contributed by atoms with E-state index in [0.29, 0.717) is 5.75 Å². The molecular formula is C8H12O5S. The fourth-order valence-electron chi connectivity index (χ4n) is 0.736. The first-order valence-corrected chi connectivity index (χ1v) is 5.06. The van der Waals surface area contributed by atoms with E-state index in [1.54, 1.807) is 6.07 Å². The molecule has 0 atom stereocenters. The van der Waals surface area contributed by atoms with Crippen molar-refractivity contribution in [1.29, 1.82) is 0 Å². The highest BCUT2D eigenvalue weighted by Crippen LogP contribution is 2.17. The van der Waals surface area contributed by atoms with Crippen LogP contribution in [0.2, 0.25) is 0 Å². The number of aromatic hydroxyl groups is 1. The molecule has 5 nitrogen and oxygen atoms in total. The van der Waals surface area contributed by atoms with E-state index in [9.17, 15) is 0 Å². The molecule has 0 aliphatic heterocycles. The van der Waals surface area contributed by atoms with Crippen LogP contribution in [-0.4, -0.2) is 22.6 Å². The molecule has 0 saturated carbocycles. The quantitative estimate of drug-likeness (QED) is 0.574. The second kappa shape index (κ2) is 4.94. The van der Waals surface area contributed by atoms with Gasteiger partial charge in [-0.3, -0.25) is 9.11 Å². The third-order valence-corrected chi connectivity index (χ3v) is 1.58. The Labute approximate surface area is 82.6 Å². The van der Waals surface area contributed by atoms with Crippen LogP contribution < -0.4 is 0 Å². The van der Waals surface area contributed by atoms with Crippen molar-refractivity contribution in [1.82, 2.24) is 0 Å². The molecular weight excluding hydrogens is 208 g/mol. The zero-order chi connectivity index (χ0) is 11.4. The van der Waals surface area contributed by atoms with Gasteiger partial charge in [-0.15, -0.1) is 0 Å². The smallest absolute Gasteiger partial charge is 0.394 e. The topological polar surface area (TPSA) is 94.8 Å². The van der Waals surface area contributed by atoms with Crippen molar-refractivity contribution in [2.24, 2.45) is 0 Å². The molecule has 0 aliphatic rings. The molecule has 0 saturated heterocycles. The van der Waals surface area contributed by atoms with Crippen LogP contribution in [0.3, 0.4) is 0 Å². The van der Waals surface area contributed by atoms with Crippen molar-refractivity contribution in [3.63, 3.8) is 0 Å². The lowest BCUT2D eigenvalue weighted by Crippen LogP contribution is -1.89. The first-order chi connectivity index (χ1) is 6.22. The maximum Gasteiger partial charge on any atom is 0.394 e. The summed E-state index contributed by atoms with van der Waals surface area (Å²) in [5.41, 5.74) is 2.10. The summed E-state index contributed by atoms with van der Waals surface area (Å²) in [6, 6.07) is 5.52. The van der Waals surface area contributed by atoms with Crippen LogP contribution in [0.15, 0.2) is 18.2 Å². The maximum atomic E-state index is 9.10. The predicted molar refractivity (Wildman–Crippen MR) is 51.8 cm³/mol. The van der Waals surface area contributed by atoms with Crippen LogP contribution in [0, 0.1) is 13.8 Å². The molecule has 1 aromatic rings. The first-order valence-electron chi connectivity index (χ1n) is 3.67. The van der Waals surface area contributed by atoms with Gasteiger partial charge in [0.25, 0.3) is 0 Å². The molecule has 0 heterocycles. The number of benzene rings is 1. The summed E-state index contributed by atoms with van der Waals surface area (Å²) in [5.74, 6) is 0.384. The lowest BCUT2D eigenvalue weighted by Gasteiger charge is -1.99. The Morgan fingerprint density at radius 3 is 1.86 bits per heavy atom. The van der Waals surface area contributed by atoms with E-state index in [2.05, 4.69) is 0 Å². The summed E-state index contributed by atoms with van der Waals surface area (Å²) < 4.78 is 31.6. The second-order valence-electron chi connectivity index (χ2n) is 2.67. The number of phenolic OH excluding ortho intramolecular Hbond substituents is 1. The van der Waals surface area contributed by atoms with Crippen LogP contribution in [0.5, 0.6) is 5.75 Å². The van der Waals surface area contributed by atoms with Crippen molar-refractivity contribution < 1.29 is 22.6 Å². The van der Waals surface area contributed by atoms with Gasteiger partial charge in [-0.25, -0.2) is 0 Å². The van der Waals surface area contributed by atoms with Crippen molar-refractivity contribution in [2.75, 3.05) is 0 Å². The van der Waals surface area contributed by atoms with E-state index in [0.717, 1.165) is 11.1 Å². The van der Waals surface area contributed by atoms with Gasteiger partial charge in [0.05, 0.1) is 0 Å². The highest BCUT2D eigenvalue weighted by Gasteiger charge is 1.94. The van der Waals surface area contributed by atoms with Crippen LogP contribution >= 0.6 is 0 Å². The summed E-state index contributed by atoms with van der Waals surface area (Å²) in [6.45, 7) is 3.89. The SMILES string of the molecule is Cc1cccc(O)c1C.O=S(=O)(O)O. The third-order valence-electron chi connectivity index (χ3n) is 1.58. The van der Waals surface area contributed by atoms with E-state index in [1.807, 2.05) is 26.0 Å². The Kier molecular flexibility index (Phi) is 4.55. The monoisotopic (exact) mass is 220 g/mol. The molecule has 0 unspecified atom stereocenters. The van der Waals surface area contributed by atoms with E-state index in [-0.39, 0.29) is 0 Å². The molecule has 0 fully saturated rings. The Bertz CT molecular complexity index is 368. The fourth-order valence-corrected chi connectivity index (χ4v) is 0.736. The fraction of sp³-hybridized carbons (Fsp3) is 0.250. The molecule has 0 spiro atoms. The van der Waals surface area contributed by atoms with E-state index in [4.69, 9.17) is 22.6 Å². The minimum atomic E-state index is -4.67. The predicted octanol–water partition coefficient (Wildman–Crippen LogP) is 1.36. The van der Waals surface area contributed by atoms with Crippen molar-refractivity contribution >= 4 is 10.4 Å². The van der Waals surface area contributed by atoms with Gasteiger partial charge < -0.3 is 5.11 Å². The highest BCUT2D eigenvalue weighted by atomic mass is 32.3. The molecule has 3 N–H and O–H groups in total. The second-order valence-corrected chi connectivity index (χ2v) is 3.56. The Morgan fingerprint density at radius 1 is 1.14 bits per heavy atom. The van der Waals surface area contributed by atoms with Gasteiger partial charge in [-0.1, -0.05) is 12.1 Å². The lowest BCUT2D eigenvalue weighted by molar-refractivity contribution is 0.381. The number of phenols is 1. The zero-order valence-electron chi connectivity index (χ0n) is 7.80. The summed E-state index contributed by atoms with van der Waals surface area (Å²) in [6.07, 6.45) is 0. The van der Waals surface area contributed by atoms with Gasteiger partial charge in [-0.05, 0) is 31.0 Å². The molecule has 6 heteroatoms. The van der Waals surface area contributed by atoms with Gasteiger partial charge in [0.1, 0.15) is 5.75 Å². The van der Waals surface area contributed by atoms with Crippen LogP contribution in [-0.2, 0) is 10.4 Å². The Hall–Kier alpha value is -1.11. The van der Waals surface area contributed by atoms with Gasteiger partial charge >= 0.3 is 10.4 Å². The van der Waals surface area contributed by atoms with Crippen LogP contribution in [0.1, 0.15) is 11.1 Å². The highest BCUT2D eigenvalue weighted by molar-refractivity contribution is 7.79. The molecule has 0 radical (unpaired) electrons.